The summed E-state index contributed by atoms with van der Waals surface area (Å²) in [6.07, 6.45) is 3.85. The summed E-state index contributed by atoms with van der Waals surface area (Å²) < 4.78 is 33.8. The molecule has 2 N–H and O–H groups in total. The van der Waals surface area contributed by atoms with Crippen molar-refractivity contribution in [3.8, 4) is 5.75 Å². The van der Waals surface area contributed by atoms with Gasteiger partial charge in [0.15, 0.2) is 0 Å². The van der Waals surface area contributed by atoms with Crippen molar-refractivity contribution in [1.82, 2.24) is 4.72 Å². The number of aliphatic hydroxyl groups excluding tert-OH is 1. The van der Waals surface area contributed by atoms with Crippen LogP contribution in [0, 0.1) is 0 Å². The number of halogens is 1. The lowest BCUT2D eigenvalue weighted by molar-refractivity contribution is 0.233. The van der Waals surface area contributed by atoms with Crippen LogP contribution in [0.5, 0.6) is 5.75 Å². The van der Waals surface area contributed by atoms with Gasteiger partial charge in [-0.05, 0) is 36.2 Å². The third-order valence-electron chi connectivity index (χ3n) is 4.46. The van der Waals surface area contributed by atoms with Gasteiger partial charge in [-0.25, -0.2) is 13.1 Å². The van der Waals surface area contributed by atoms with Crippen LogP contribution in [0.25, 0.3) is 0 Å². The predicted molar refractivity (Wildman–Crippen MR) is 110 cm³/mol. The summed E-state index contributed by atoms with van der Waals surface area (Å²) in [5.74, 6) is 0.595. The van der Waals surface area contributed by atoms with Crippen molar-refractivity contribution in [2.24, 2.45) is 0 Å². The molecule has 2 aromatic rings. The second-order valence-corrected chi connectivity index (χ2v) is 10.0. The molecule has 0 unspecified atom stereocenters. The number of nitrogens with one attached hydrogen (secondary N) is 1. The highest BCUT2D eigenvalue weighted by Gasteiger charge is 2.28. The SMILES string of the molecule is CCCCC[C@@H](c1ccc(OC)cc1)[C@H](CO)NS(=O)(=O)c1ccc(Cl)s1. The Balaban J connectivity index is 2.26. The van der Waals surface area contributed by atoms with E-state index >= 15 is 0 Å². The molecular weight excluding hydrogens is 406 g/mol. The molecule has 2 atom stereocenters. The summed E-state index contributed by atoms with van der Waals surface area (Å²) in [6.45, 7) is 1.83. The van der Waals surface area contributed by atoms with E-state index in [1.807, 2.05) is 24.3 Å². The van der Waals surface area contributed by atoms with E-state index in [-0.39, 0.29) is 16.7 Å². The highest BCUT2D eigenvalue weighted by Crippen LogP contribution is 2.30. The van der Waals surface area contributed by atoms with Gasteiger partial charge in [-0.1, -0.05) is 49.9 Å². The first-order valence-electron chi connectivity index (χ1n) is 8.93. The van der Waals surface area contributed by atoms with Gasteiger partial charge in [0.1, 0.15) is 9.96 Å². The molecule has 27 heavy (non-hydrogen) atoms. The molecule has 2 rings (SSSR count). The second kappa shape index (κ2) is 10.4. The Kier molecular flexibility index (Phi) is 8.57. The fourth-order valence-corrected chi connectivity index (χ4v) is 5.78. The van der Waals surface area contributed by atoms with E-state index in [0.29, 0.717) is 4.34 Å². The van der Waals surface area contributed by atoms with Crippen molar-refractivity contribution in [2.45, 2.75) is 48.8 Å². The number of benzene rings is 1. The first-order chi connectivity index (χ1) is 12.9. The minimum atomic E-state index is -3.75. The molecule has 0 amide bonds. The number of aliphatic hydroxyl groups is 1. The zero-order valence-electron chi connectivity index (χ0n) is 15.5. The van der Waals surface area contributed by atoms with Crippen molar-refractivity contribution in [3.05, 3.63) is 46.3 Å². The molecule has 0 bridgehead atoms. The van der Waals surface area contributed by atoms with Crippen LogP contribution >= 0.6 is 22.9 Å². The fraction of sp³-hybridized carbons (Fsp3) is 0.474. The van der Waals surface area contributed by atoms with E-state index in [2.05, 4.69) is 11.6 Å². The topological polar surface area (TPSA) is 75.6 Å². The molecule has 150 valence electrons. The van der Waals surface area contributed by atoms with E-state index in [1.54, 1.807) is 13.2 Å². The van der Waals surface area contributed by atoms with Gasteiger partial charge in [-0.15, -0.1) is 11.3 Å². The van der Waals surface area contributed by atoms with Gasteiger partial charge in [0.25, 0.3) is 0 Å². The van der Waals surface area contributed by atoms with E-state index < -0.39 is 16.1 Å². The molecule has 0 spiro atoms. The monoisotopic (exact) mass is 431 g/mol. The number of sulfonamides is 1. The Hall–Kier alpha value is -1.12. The Morgan fingerprint density at radius 1 is 1.19 bits per heavy atom. The number of rotatable bonds is 11. The number of ether oxygens (including phenoxy) is 1. The Bertz CT molecular complexity index is 805. The van der Waals surface area contributed by atoms with Gasteiger partial charge in [-0.3, -0.25) is 0 Å². The maximum Gasteiger partial charge on any atom is 0.250 e. The Labute approximate surface area is 170 Å². The highest BCUT2D eigenvalue weighted by atomic mass is 35.5. The predicted octanol–water partition coefficient (Wildman–Crippen LogP) is 4.41. The summed E-state index contributed by atoms with van der Waals surface area (Å²) in [5, 5.41) is 9.96. The van der Waals surface area contributed by atoms with Crippen LogP contribution in [-0.4, -0.2) is 33.3 Å². The number of unbranched alkanes of at least 4 members (excludes halogenated alkanes) is 2. The normalized spacial score (nSPS) is 14.1. The van der Waals surface area contributed by atoms with Crippen molar-refractivity contribution in [3.63, 3.8) is 0 Å². The van der Waals surface area contributed by atoms with Crippen molar-refractivity contribution < 1.29 is 18.3 Å². The molecule has 0 aliphatic carbocycles. The maximum atomic E-state index is 12.7. The van der Waals surface area contributed by atoms with Crippen LogP contribution in [0.2, 0.25) is 4.34 Å². The molecule has 0 radical (unpaired) electrons. The summed E-state index contributed by atoms with van der Waals surface area (Å²) >= 11 is 6.87. The van der Waals surface area contributed by atoms with Gasteiger partial charge in [0, 0.05) is 5.92 Å². The molecule has 0 saturated heterocycles. The smallest absolute Gasteiger partial charge is 0.250 e. The molecule has 0 aliphatic heterocycles. The van der Waals surface area contributed by atoms with Crippen molar-refractivity contribution >= 4 is 33.0 Å². The van der Waals surface area contributed by atoms with Gasteiger partial charge >= 0.3 is 0 Å². The first kappa shape index (κ1) is 22.2. The van der Waals surface area contributed by atoms with Crippen LogP contribution in [0.1, 0.15) is 44.1 Å². The molecule has 0 fully saturated rings. The lowest BCUT2D eigenvalue weighted by Crippen LogP contribution is -2.41. The summed E-state index contributed by atoms with van der Waals surface area (Å²) in [6, 6.07) is 9.96. The molecule has 5 nitrogen and oxygen atoms in total. The van der Waals surface area contributed by atoms with Crippen LogP contribution in [0.15, 0.2) is 40.6 Å². The summed E-state index contributed by atoms with van der Waals surface area (Å²) in [7, 11) is -2.15. The van der Waals surface area contributed by atoms with Crippen LogP contribution < -0.4 is 9.46 Å². The average molecular weight is 432 g/mol. The van der Waals surface area contributed by atoms with E-state index in [9.17, 15) is 13.5 Å². The van der Waals surface area contributed by atoms with Crippen molar-refractivity contribution in [1.29, 1.82) is 0 Å². The van der Waals surface area contributed by atoms with E-state index in [0.717, 1.165) is 48.3 Å². The third-order valence-corrected chi connectivity index (χ3v) is 7.68. The van der Waals surface area contributed by atoms with Crippen molar-refractivity contribution in [2.75, 3.05) is 13.7 Å². The van der Waals surface area contributed by atoms with Gasteiger partial charge < -0.3 is 9.84 Å². The second-order valence-electron chi connectivity index (χ2n) is 6.34. The summed E-state index contributed by atoms with van der Waals surface area (Å²) in [4.78, 5) is 0. The van der Waals surface area contributed by atoms with Gasteiger partial charge in [0.05, 0.1) is 24.1 Å². The van der Waals surface area contributed by atoms with Gasteiger partial charge in [-0.2, -0.15) is 0 Å². The number of hydrogen-bond acceptors (Lipinski definition) is 5. The number of hydrogen-bond donors (Lipinski definition) is 2. The largest absolute Gasteiger partial charge is 0.497 e. The Morgan fingerprint density at radius 2 is 1.89 bits per heavy atom. The van der Waals surface area contributed by atoms with Gasteiger partial charge in [0.2, 0.25) is 10.0 Å². The van der Waals surface area contributed by atoms with Crippen LogP contribution in [-0.2, 0) is 10.0 Å². The standard InChI is InChI=1S/C19H26ClNO4S2/c1-3-4-5-6-16(14-7-9-15(25-2)10-8-14)17(13-22)21-27(23,24)19-12-11-18(20)26-19/h7-12,16-17,21-22H,3-6,13H2,1-2H3/t16-,17-/m0/s1. The first-order valence-corrected chi connectivity index (χ1v) is 11.6. The molecule has 1 aromatic carbocycles. The quantitative estimate of drug-likeness (QED) is 0.516. The molecule has 0 saturated carbocycles. The number of thiophene rings is 1. The van der Waals surface area contributed by atoms with Crippen LogP contribution in [0.4, 0.5) is 0 Å². The fourth-order valence-electron chi connectivity index (χ4n) is 3.01. The van der Waals surface area contributed by atoms with E-state index in [4.69, 9.17) is 16.3 Å². The van der Waals surface area contributed by atoms with Crippen LogP contribution in [0.3, 0.4) is 0 Å². The lowest BCUT2D eigenvalue weighted by Gasteiger charge is -2.27. The molecule has 1 aromatic heterocycles. The minimum absolute atomic E-state index is 0.141. The molecule has 1 heterocycles. The highest BCUT2D eigenvalue weighted by molar-refractivity contribution is 7.91. The third kappa shape index (κ3) is 6.19. The van der Waals surface area contributed by atoms with E-state index in [1.165, 1.54) is 6.07 Å². The Morgan fingerprint density at radius 3 is 2.41 bits per heavy atom. The zero-order valence-corrected chi connectivity index (χ0v) is 17.9. The molecule has 8 heteroatoms. The number of methoxy groups -OCH3 is 1. The molecule has 0 aliphatic rings. The maximum absolute atomic E-state index is 12.7. The minimum Gasteiger partial charge on any atom is -0.497 e. The average Bonchev–Trinajstić information content (AvgIpc) is 3.11. The summed E-state index contributed by atoms with van der Waals surface area (Å²) in [5.41, 5.74) is 0.970. The zero-order chi connectivity index (χ0) is 19.9. The molecular formula is C19H26ClNO4S2. The lowest BCUT2D eigenvalue weighted by atomic mass is 9.87.